The van der Waals surface area contributed by atoms with Crippen LogP contribution in [-0.2, 0) is 10.0 Å². The third kappa shape index (κ3) is 2.39. The Morgan fingerprint density at radius 2 is 1.71 bits per heavy atom. The Kier molecular flexibility index (Phi) is 3.49. The van der Waals surface area contributed by atoms with Gasteiger partial charge < -0.3 is 4.98 Å². The Hall–Kier alpha value is -3.36. The summed E-state index contributed by atoms with van der Waals surface area (Å²) in [5.74, 6) is 0.583. The van der Waals surface area contributed by atoms with E-state index in [9.17, 15) is 13.3 Å². The maximum Gasteiger partial charge on any atom is 0.238 e. The second kappa shape index (κ2) is 5.82. The Morgan fingerprint density at radius 1 is 0.964 bits per heavy atom. The van der Waals surface area contributed by atoms with Gasteiger partial charge in [-0.2, -0.15) is 0 Å². The molecule has 0 saturated carbocycles. The van der Waals surface area contributed by atoms with Crippen LogP contribution in [0.1, 0.15) is 17.2 Å². The molecular weight excluding hydrogens is 376 g/mol. The van der Waals surface area contributed by atoms with Gasteiger partial charge in [0.25, 0.3) is 0 Å². The number of rotatable bonds is 3. The van der Waals surface area contributed by atoms with Gasteiger partial charge in [-0.25, -0.2) is 18.5 Å². The quantitative estimate of drug-likeness (QED) is 0.518. The molecule has 138 valence electrons. The summed E-state index contributed by atoms with van der Waals surface area (Å²) in [5, 5.41) is 8.55. The minimum Gasteiger partial charge on any atom is -0.338 e. The number of primary sulfonamides is 1. The lowest BCUT2D eigenvalue weighted by molar-refractivity contribution is 0.598. The number of nitrogens with two attached hydrogens (primary N) is 1. The molecule has 3 N–H and O–H groups in total. The molecule has 1 unspecified atom stereocenters. The molecule has 1 aliphatic carbocycles. The Morgan fingerprint density at radius 3 is 2.50 bits per heavy atom. The number of nitrogens with zero attached hydrogens (tertiary/aromatic N) is 2. The molecule has 0 spiro atoms. The van der Waals surface area contributed by atoms with Gasteiger partial charge in [-0.1, -0.05) is 47.6 Å². The van der Waals surface area contributed by atoms with E-state index >= 15 is 0 Å². The summed E-state index contributed by atoms with van der Waals surface area (Å²) in [5.41, 5.74) is 5.57. The number of hydrogen-bond acceptors (Lipinski definition) is 5. The first-order chi connectivity index (χ1) is 13.5. The number of imidazole rings is 1. The smallest absolute Gasteiger partial charge is 0.238 e. The van der Waals surface area contributed by atoms with Crippen LogP contribution in [-0.4, -0.2) is 18.4 Å². The zero-order chi connectivity index (χ0) is 19.5. The number of hydrogen-bond donors (Lipinski definition) is 2. The number of aromatic nitrogens is 2. The maximum atomic E-state index is 11.6. The zero-order valence-corrected chi connectivity index (χ0v) is 15.3. The second-order valence-corrected chi connectivity index (χ2v) is 8.24. The topological polar surface area (TPSA) is 118 Å². The van der Waals surface area contributed by atoms with Crippen LogP contribution in [0.4, 0.5) is 0 Å². The van der Waals surface area contributed by atoms with E-state index in [-0.39, 0.29) is 4.90 Å². The van der Waals surface area contributed by atoms with Gasteiger partial charge in [0, 0.05) is 5.56 Å². The van der Waals surface area contributed by atoms with Crippen LogP contribution in [0.5, 0.6) is 0 Å². The molecule has 0 fully saturated rings. The highest BCUT2D eigenvalue weighted by Gasteiger charge is 2.32. The van der Waals surface area contributed by atoms with Crippen LogP contribution in [0.3, 0.4) is 0 Å². The molecule has 4 aromatic rings. The number of nitrogens with one attached hydrogen (secondary N) is 1. The van der Waals surface area contributed by atoms with E-state index in [4.69, 9.17) is 5.14 Å². The minimum atomic E-state index is -3.80. The molecule has 0 bridgehead atoms. The van der Waals surface area contributed by atoms with E-state index in [0.29, 0.717) is 16.9 Å². The first-order valence-corrected chi connectivity index (χ1v) is 10.1. The van der Waals surface area contributed by atoms with Crippen molar-refractivity contribution in [1.29, 1.82) is 0 Å². The lowest BCUT2D eigenvalue weighted by Crippen LogP contribution is -2.11. The Balaban J connectivity index is 1.75. The fourth-order valence-corrected chi connectivity index (χ4v) is 4.37. The average Bonchev–Trinajstić information content (AvgIpc) is 3.25. The summed E-state index contributed by atoms with van der Waals surface area (Å²) in [6.07, 6.45) is 0. The van der Waals surface area contributed by atoms with Crippen molar-refractivity contribution in [3.8, 4) is 22.5 Å². The highest BCUT2D eigenvalue weighted by atomic mass is 32.2. The van der Waals surface area contributed by atoms with E-state index in [1.165, 1.54) is 12.1 Å². The van der Waals surface area contributed by atoms with E-state index in [1.54, 1.807) is 6.07 Å². The monoisotopic (exact) mass is 390 g/mol. The van der Waals surface area contributed by atoms with Crippen molar-refractivity contribution < 1.29 is 8.42 Å². The summed E-state index contributed by atoms with van der Waals surface area (Å²) in [4.78, 5) is 19.3. The van der Waals surface area contributed by atoms with Gasteiger partial charge in [0.15, 0.2) is 0 Å². The molecule has 28 heavy (non-hydrogen) atoms. The van der Waals surface area contributed by atoms with Crippen molar-refractivity contribution >= 4 is 21.1 Å². The first kappa shape index (κ1) is 16.8. The van der Waals surface area contributed by atoms with E-state index in [1.807, 2.05) is 42.5 Å². The Bertz CT molecular complexity index is 1380. The third-order valence-electron chi connectivity index (χ3n) is 5.06. The number of nitroso groups, excluding NO2 is 1. The fraction of sp³-hybridized carbons (Fsp3) is 0.0500. The average molecular weight is 390 g/mol. The van der Waals surface area contributed by atoms with Crippen LogP contribution in [0.15, 0.2) is 70.7 Å². The summed E-state index contributed by atoms with van der Waals surface area (Å²) < 4.78 is 23.2. The molecule has 7 nitrogen and oxygen atoms in total. The predicted molar refractivity (Wildman–Crippen MR) is 106 cm³/mol. The molecule has 1 aliphatic rings. The van der Waals surface area contributed by atoms with Gasteiger partial charge in [-0.15, -0.1) is 4.91 Å². The van der Waals surface area contributed by atoms with Gasteiger partial charge in [-0.3, -0.25) is 0 Å². The highest BCUT2D eigenvalue weighted by Crippen LogP contribution is 2.49. The molecule has 1 atom stereocenters. The molecule has 8 heteroatoms. The van der Waals surface area contributed by atoms with E-state index in [2.05, 4.69) is 15.1 Å². The van der Waals surface area contributed by atoms with E-state index < -0.39 is 16.1 Å². The van der Waals surface area contributed by atoms with Crippen LogP contribution < -0.4 is 5.14 Å². The molecule has 3 aromatic carbocycles. The van der Waals surface area contributed by atoms with Crippen LogP contribution in [0.25, 0.3) is 33.5 Å². The summed E-state index contributed by atoms with van der Waals surface area (Å²) in [7, 11) is -3.80. The molecular formula is C20H14N4O3S. The molecule has 1 aromatic heterocycles. The summed E-state index contributed by atoms with van der Waals surface area (Å²) in [6, 6.07) is 17.3. The fourth-order valence-electron chi connectivity index (χ4n) is 3.83. The van der Waals surface area contributed by atoms with Crippen molar-refractivity contribution in [2.45, 2.75) is 10.9 Å². The lowest BCUT2D eigenvalue weighted by Gasteiger charge is -2.07. The predicted octanol–water partition coefficient (Wildman–Crippen LogP) is 3.71. The Labute approximate surface area is 160 Å². The number of benzene rings is 3. The third-order valence-corrected chi connectivity index (χ3v) is 5.97. The number of fused-ring (bicyclic) bond motifs is 4. The second-order valence-electron chi connectivity index (χ2n) is 6.67. The van der Waals surface area contributed by atoms with Gasteiger partial charge in [0.05, 0.1) is 15.9 Å². The minimum absolute atomic E-state index is 0.0176. The number of H-pyrrole nitrogens is 1. The van der Waals surface area contributed by atoms with E-state index in [0.717, 1.165) is 27.8 Å². The molecule has 1 heterocycles. The van der Waals surface area contributed by atoms with Crippen LogP contribution in [0.2, 0.25) is 0 Å². The molecule has 0 amide bonds. The molecule has 0 aliphatic heterocycles. The molecule has 0 radical (unpaired) electrons. The van der Waals surface area contributed by atoms with Crippen molar-refractivity contribution in [2.75, 3.05) is 0 Å². The number of aromatic amines is 1. The normalized spacial score (nSPS) is 15.4. The maximum absolute atomic E-state index is 11.6. The van der Waals surface area contributed by atoms with Crippen molar-refractivity contribution in [3.05, 3.63) is 76.7 Å². The largest absolute Gasteiger partial charge is 0.338 e. The SMILES string of the molecule is NS(=O)(=O)c1ccc2nc(-c3cccc4c3-c3ccccc3C4N=O)[nH]c2c1. The van der Waals surface area contributed by atoms with Crippen molar-refractivity contribution in [3.63, 3.8) is 0 Å². The van der Waals surface area contributed by atoms with Gasteiger partial charge in [-0.05, 0) is 40.5 Å². The summed E-state index contributed by atoms with van der Waals surface area (Å²) in [6.45, 7) is 0. The lowest BCUT2D eigenvalue weighted by atomic mass is 9.99. The summed E-state index contributed by atoms with van der Waals surface area (Å²) >= 11 is 0. The van der Waals surface area contributed by atoms with Crippen molar-refractivity contribution in [1.82, 2.24) is 9.97 Å². The highest BCUT2D eigenvalue weighted by molar-refractivity contribution is 7.89. The van der Waals surface area contributed by atoms with Crippen LogP contribution in [0, 0.1) is 4.91 Å². The van der Waals surface area contributed by atoms with Crippen LogP contribution >= 0.6 is 0 Å². The van der Waals surface area contributed by atoms with Crippen molar-refractivity contribution in [2.24, 2.45) is 10.3 Å². The van der Waals surface area contributed by atoms with Gasteiger partial charge >= 0.3 is 0 Å². The van der Waals surface area contributed by atoms with Gasteiger partial charge in [0.1, 0.15) is 11.9 Å². The molecule has 0 saturated heterocycles. The first-order valence-electron chi connectivity index (χ1n) is 8.55. The van der Waals surface area contributed by atoms with Gasteiger partial charge in [0.2, 0.25) is 10.0 Å². The standard InChI is InChI=1S/C20H14N4O3S/c21-28(26,27)11-8-9-16-17(10-11)23-20(22-16)15-7-3-6-14-18(15)12-4-1-2-5-13(12)19(14)24-25/h1-10,19H,(H,22,23)(H2,21,26,27). The zero-order valence-electron chi connectivity index (χ0n) is 14.5. The molecule has 5 rings (SSSR count). The number of sulfonamides is 1.